The quantitative estimate of drug-likeness (QED) is 0.308. The van der Waals surface area contributed by atoms with Crippen LogP contribution in [-0.2, 0) is 50.2 Å². The van der Waals surface area contributed by atoms with Crippen LogP contribution < -0.4 is 11.2 Å². The van der Waals surface area contributed by atoms with Crippen molar-refractivity contribution >= 4 is 34.2 Å². The van der Waals surface area contributed by atoms with Crippen molar-refractivity contribution in [1.29, 1.82) is 0 Å². The Balaban J connectivity index is 1.76. The molecule has 2 aliphatic heterocycles. The van der Waals surface area contributed by atoms with Gasteiger partial charge in [-0.25, -0.2) is 22.5 Å². The number of aromatic nitrogens is 2. The fourth-order valence-corrected chi connectivity index (χ4v) is 9.20. The minimum Gasteiger partial charge on any atom is -0.387 e. The van der Waals surface area contributed by atoms with Crippen molar-refractivity contribution < 1.29 is 51.3 Å². The average Bonchev–Trinajstić information content (AvgIpc) is 2.81. The van der Waals surface area contributed by atoms with Crippen LogP contribution in [0.15, 0.2) is 15.8 Å². The van der Waals surface area contributed by atoms with Crippen molar-refractivity contribution in [1.82, 2.24) is 9.55 Å². The number of aliphatic hydroxyl groups is 2. The number of rotatable bonds is 4. The Morgan fingerprint density at radius 3 is 2.34 bits per heavy atom. The number of hydrogen-bond acceptors (Lipinski definition) is 12. The molecule has 0 spiro atoms. The molecular formula is C10H15N2O13P3S. The van der Waals surface area contributed by atoms with Gasteiger partial charge in [-0.2, -0.15) is 4.31 Å². The van der Waals surface area contributed by atoms with Crippen LogP contribution in [-0.4, -0.2) is 54.5 Å². The minimum atomic E-state index is -5.04. The first-order valence-corrected chi connectivity index (χ1v) is 13.1. The van der Waals surface area contributed by atoms with E-state index < -0.39 is 64.6 Å². The van der Waals surface area contributed by atoms with Gasteiger partial charge in [0.25, 0.3) is 5.56 Å². The SMILES string of the molecule is Cn1cc([C@@H]2O[C@H](COP3(=S)OP(=O)(O)OP(=O)(O)O3)C(O)[C@@H]2O)c(=O)[nH]c1=O. The first kappa shape index (κ1) is 23.1. The Kier molecular flexibility index (Phi) is 6.25. The van der Waals surface area contributed by atoms with Gasteiger partial charge in [0, 0.05) is 13.2 Å². The predicted octanol–water partition coefficient (Wildman–Crippen LogP) is -1.26. The number of phosphoric acid groups is 2. The summed E-state index contributed by atoms with van der Waals surface area (Å²) in [4.78, 5) is 44.0. The fraction of sp³-hybridized carbons (Fsp3) is 0.600. The maximum atomic E-state index is 12.0. The second-order valence-electron chi connectivity index (χ2n) is 5.96. The van der Waals surface area contributed by atoms with Crippen LogP contribution in [0.25, 0.3) is 0 Å². The lowest BCUT2D eigenvalue weighted by Crippen LogP contribution is -2.35. The molecule has 1 aromatic heterocycles. The van der Waals surface area contributed by atoms with Gasteiger partial charge in [0.2, 0.25) is 0 Å². The highest BCUT2D eigenvalue weighted by Crippen LogP contribution is 2.80. The fourth-order valence-electron chi connectivity index (χ4n) is 2.57. The minimum absolute atomic E-state index is 0.165. The number of hydrogen-bond donors (Lipinski definition) is 5. The molecule has 164 valence electrons. The third-order valence-electron chi connectivity index (χ3n) is 3.81. The summed E-state index contributed by atoms with van der Waals surface area (Å²) < 4.78 is 47.1. The van der Waals surface area contributed by atoms with Crippen molar-refractivity contribution in [3.8, 4) is 0 Å². The number of nitrogens with one attached hydrogen (secondary N) is 1. The molecule has 5 N–H and O–H groups in total. The predicted molar refractivity (Wildman–Crippen MR) is 95.1 cm³/mol. The molecule has 0 saturated carbocycles. The topological polar surface area (TPSA) is 216 Å². The molecule has 29 heavy (non-hydrogen) atoms. The third kappa shape index (κ3) is 5.02. The van der Waals surface area contributed by atoms with Gasteiger partial charge in [-0.05, 0) is 11.8 Å². The summed E-state index contributed by atoms with van der Waals surface area (Å²) >= 11 is 4.74. The van der Waals surface area contributed by atoms with Crippen molar-refractivity contribution in [2.24, 2.45) is 7.05 Å². The van der Waals surface area contributed by atoms with Crippen LogP contribution in [0.2, 0.25) is 0 Å². The molecule has 2 saturated heterocycles. The van der Waals surface area contributed by atoms with Gasteiger partial charge >= 0.3 is 28.1 Å². The van der Waals surface area contributed by atoms with E-state index in [1.165, 1.54) is 7.05 Å². The molecule has 0 aromatic carbocycles. The summed E-state index contributed by atoms with van der Waals surface area (Å²) in [7, 11) is -8.75. The summed E-state index contributed by atoms with van der Waals surface area (Å²) in [6, 6.07) is 0. The number of aryl methyl sites for hydroxylation is 1. The number of aliphatic hydroxyl groups excluding tert-OH is 2. The summed E-state index contributed by atoms with van der Waals surface area (Å²) in [6.45, 7) is -4.99. The van der Waals surface area contributed by atoms with Crippen molar-refractivity contribution in [2.75, 3.05) is 6.61 Å². The van der Waals surface area contributed by atoms with Gasteiger partial charge < -0.3 is 33.8 Å². The van der Waals surface area contributed by atoms with E-state index in [2.05, 4.69) is 12.9 Å². The zero-order valence-corrected chi connectivity index (χ0v) is 17.8. The molecule has 0 bridgehead atoms. The molecule has 0 radical (unpaired) electrons. The van der Waals surface area contributed by atoms with Crippen LogP contribution >= 0.6 is 22.4 Å². The third-order valence-corrected chi connectivity index (χ3v) is 10.7. The summed E-state index contributed by atoms with van der Waals surface area (Å²) in [5.41, 5.74) is -1.72. The summed E-state index contributed by atoms with van der Waals surface area (Å²) in [5, 5.41) is 20.3. The Labute approximate surface area is 166 Å². The number of ether oxygens (including phenoxy) is 1. The monoisotopic (exact) mass is 496 g/mol. The van der Waals surface area contributed by atoms with Gasteiger partial charge in [0.05, 0.1) is 12.2 Å². The molecule has 0 amide bonds. The lowest BCUT2D eigenvalue weighted by atomic mass is 10.0. The van der Waals surface area contributed by atoms with Crippen LogP contribution in [0.1, 0.15) is 11.7 Å². The summed E-state index contributed by atoms with van der Waals surface area (Å²) in [5.74, 6) is 0. The second-order valence-corrected chi connectivity index (χ2v) is 12.3. The van der Waals surface area contributed by atoms with Crippen molar-refractivity contribution in [3.63, 3.8) is 0 Å². The van der Waals surface area contributed by atoms with E-state index in [4.69, 9.17) is 21.1 Å². The van der Waals surface area contributed by atoms with Crippen molar-refractivity contribution in [3.05, 3.63) is 32.6 Å². The second kappa shape index (κ2) is 7.84. The molecule has 19 heteroatoms. The highest BCUT2D eigenvalue weighted by molar-refractivity contribution is 8.11. The van der Waals surface area contributed by atoms with E-state index >= 15 is 0 Å². The molecule has 2 fully saturated rings. The smallest absolute Gasteiger partial charge is 0.387 e. The lowest BCUT2D eigenvalue weighted by Gasteiger charge is -2.30. The van der Waals surface area contributed by atoms with Crippen LogP contribution in [0, 0.1) is 0 Å². The zero-order chi connectivity index (χ0) is 21.8. The molecule has 3 heterocycles. The Hall–Kier alpha value is -0.570. The normalized spacial score (nSPS) is 42.8. The zero-order valence-electron chi connectivity index (χ0n) is 14.3. The maximum Gasteiger partial charge on any atom is 0.488 e. The Morgan fingerprint density at radius 2 is 1.76 bits per heavy atom. The van der Waals surface area contributed by atoms with Crippen LogP contribution in [0.4, 0.5) is 0 Å². The van der Waals surface area contributed by atoms with Gasteiger partial charge in [0.1, 0.15) is 24.4 Å². The largest absolute Gasteiger partial charge is 0.488 e. The van der Waals surface area contributed by atoms with Crippen molar-refractivity contribution in [2.45, 2.75) is 24.4 Å². The van der Waals surface area contributed by atoms with Gasteiger partial charge in [0.15, 0.2) is 0 Å². The van der Waals surface area contributed by atoms with E-state index in [0.29, 0.717) is 0 Å². The summed E-state index contributed by atoms with van der Waals surface area (Å²) in [6.07, 6.45) is -4.84. The molecule has 1 aromatic rings. The van der Waals surface area contributed by atoms with E-state index in [-0.39, 0.29) is 5.56 Å². The van der Waals surface area contributed by atoms with E-state index in [1.807, 2.05) is 4.98 Å². The van der Waals surface area contributed by atoms with Crippen LogP contribution in [0.5, 0.6) is 0 Å². The maximum absolute atomic E-state index is 12.0. The molecule has 3 unspecified atom stereocenters. The molecule has 3 rings (SSSR count). The van der Waals surface area contributed by atoms with E-state index in [0.717, 1.165) is 10.8 Å². The lowest BCUT2D eigenvalue weighted by molar-refractivity contribution is -0.0203. The highest BCUT2D eigenvalue weighted by atomic mass is 32.5. The molecule has 0 aliphatic carbocycles. The Bertz CT molecular complexity index is 1040. The molecule has 6 atom stereocenters. The molecule has 15 nitrogen and oxygen atoms in total. The van der Waals surface area contributed by atoms with E-state index in [9.17, 15) is 38.7 Å². The number of H-pyrrole nitrogens is 1. The molecular weight excluding hydrogens is 481 g/mol. The number of nitrogens with zero attached hydrogens (tertiary/aromatic N) is 1. The van der Waals surface area contributed by atoms with Gasteiger partial charge in [-0.3, -0.25) is 9.78 Å². The van der Waals surface area contributed by atoms with Crippen LogP contribution in [0.3, 0.4) is 0 Å². The average molecular weight is 496 g/mol. The molecule has 2 aliphatic rings. The Morgan fingerprint density at radius 1 is 1.17 bits per heavy atom. The van der Waals surface area contributed by atoms with Gasteiger partial charge in [-0.1, -0.05) is 0 Å². The standard InChI is InChI=1S/C10H15N2O13P3S/c1-12-2-4(9(15)11-10(12)16)8-7(14)6(13)5(22-8)3-21-28(29)24-26(17,18)23-27(19,20)25-28/h2,5-8,13-14H,3H2,1H3,(H,17,18)(H,19,20)(H,11,15,16)/t5-,6?,7+,8+/m1/s1. The van der Waals surface area contributed by atoms with Gasteiger partial charge in [-0.15, -0.1) is 0 Å². The first-order chi connectivity index (χ1) is 13.2. The van der Waals surface area contributed by atoms with E-state index in [1.54, 1.807) is 0 Å². The highest BCUT2D eigenvalue weighted by Gasteiger charge is 2.52. The first-order valence-electron chi connectivity index (χ1n) is 7.58. The number of aromatic amines is 1.